The second kappa shape index (κ2) is 11.1. The lowest BCUT2D eigenvalue weighted by Crippen LogP contribution is -2.36. The number of methoxy groups -OCH3 is 1. The molecule has 0 atom stereocenters. The van der Waals surface area contributed by atoms with E-state index in [2.05, 4.69) is 20.4 Å². The summed E-state index contributed by atoms with van der Waals surface area (Å²) < 4.78 is 16.5. The Balaban J connectivity index is 1.25. The van der Waals surface area contributed by atoms with E-state index < -0.39 is 4.92 Å². The number of nitro benzene ring substituents is 1. The van der Waals surface area contributed by atoms with Crippen molar-refractivity contribution in [3.05, 3.63) is 94.5 Å². The van der Waals surface area contributed by atoms with Crippen molar-refractivity contribution in [2.24, 2.45) is 0 Å². The van der Waals surface area contributed by atoms with Crippen LogP contribution in [0.1, 0.15) is 10.4 Å². The fourth-order valence-electron chi connectivity index (χ4n) is 4.82. The summed E-state index contributed by atoms with van der Waals surface area (Å²) in [5, 5.41) is 17.2. The number of hydrogen-bond acceptors (Lipinski definition) is 7. The second-order valence-corrected chi connectivity index (χ2v) is 9.54. The number of amides is 1. The Labute approximate surface area is 234 Å². The van der Waals surface area contributed by atoms with Crippen LogP contribution in [0.2, 0.25) is 0 Å². The highest BCUT2D eigenvalue weighted by Crippen LogP contribution is 2.33. The molecular weight excluding hydrogens is 526 g/mol. The van der Waals surface area contributed by atoms with Gasteiger partial charge in [0.15, 0.2) is 11.3 Å². The minimum atomic E-state index is -0.476. The first-order valence-corrected chi connectivity index (χ1v) is 13.0. The maximum atomic E-state index is 12.9. The van der Waals surface area contributed by atoms with E-state index in [1.165, 1.54) is 13.2 Å². The smallest absolute Gasteiger partial charge is 0.310 e. The number of nitrogens with one attached hydrogen (secondary N) is 3. The van der Waals surface area contributed by atoms with Crippen LogP contribution < -0.4 is 15.0 Å². The molecule has 41 heavy (non-hydrogen) atoms. The van der Waals surface area contributed by atoms with Crippen LogP contribution in [0.25, 0.3) is 33.3 Å². The maximum Gasteiger partial charge on any atom is 0.310 e. The third-order valence-corrected chi connectivity index (χ3v) is 7.01. The summed E-state index contributed by atoms with van der Waals surface area (Å²) in [6.07, 6.45) is 0. The molecule has 5 aromatic rings. The molecule has 0 saturated carbocycles. The SMILES string of the molecule is COc1cc(-c2ccc3o[nH]c4cc(NC(=O)c5ccc(N6CCOCC6)cc5)ccc4[nH]c3c2)ccc1[N+](=O)[O-]. The fraction of sp³-hybridized carbons (Fsp3) is 0.167. The lowest BCUT2D eigenvalue weighted by Gasteiger charge is -2.28. The third-order valence-electron chi connectivity index (χ3n) is 7.01. The summed E-state index contributed by atoms with van der Waals surface area (Å²) in [5.41, 5.74) is 6.35. The van der Waals surface area contributed by atoms with Gasteiger partial charge < -0.3 is 29.2 Å². The number of nitrogens with zero attached hydrogens (tertiary/aromatic N) is 2. The quantitative estimate of drug-likeness (QED) is 0.172. The molecule has 1 amide bonds. The zero-order chi connectivity index (χ0) is 28.3. The third kappa shape index (κ3) is 5.43. The normalized spacial score (nSPS) is 13.2. The van der Waals surface area contributed by atoms with Crippen molar-refractivity contribution in [1.82, 2.24) is 10.1 Å². The molecule has 3 N–H and O–H groups in total. The van der Waals surface area contributed by atoms with E-state index in [1.807, 2.05) is 48.5 Å². The zero-order valence-corrected chi connectivity index (χ0v) is 22.2. The number of carbonyl (C=O) groups excluding carboxylic acids is 1. The minimum Gasteiger partial charge on any atom is -0.490 e. The van der Waals surface area contributed by atoms with Gasteiger partial charge in [-0.3, -0.25) is 14.9 Å². The first kappa shape index (κ1) is 26.0. The van der Waals surface area contributed by atoms with E-state index in [-0.39, 0.29) is 17.3 Å². The van der Waals surface area contributed by atoms with Crippen LogP contribution in [-0.4, -0.2) is 54.4 Å². The first-order valence-electron chi connectivity index (χ1n) is 13.0. The summed E-state index contributed by atoms with van der Waals surface area (Å²) >= 11 is 0. The monoisotopic (exact) mass is 553 g/mol. The summed E-state index contributed by atoms with van der Waals surface area (Å²) in [7, 11) is 1.40. The average molecular weight is 554 g/mol. The van der Waals surface area contributed by atoms with Gasteiger partial charge in [0.05, 0.1) is 41.8 Å². The van der Waals surface area contributed by atoms with Gasteiger partial charge in [-0.2, -0.15) is 0 Å². The van der Waals surface area contributed by atoms with E-state index in [0.29, 0.717) is 41.1 Å². The average Bonchev–Trinajstić information content (AvgIpc) is 3.19. The molecule has 0 spiro atoms. The molecule has 1 aromatic heterocycles. The molecule has 208 valence electrons. The van der Waals surface area contributed by atoms with Gasteiger partial charge in [-0.15, -0.1) is 0 Å². The Morgan fingerprint density at radius 2 is 1.68 bits per heavy atom. The van der Waals surface area contributed by atoms with Crippen LogP contribution in [-0.2, 0) is 4.74 Å². The van der Waals surface area contributed by atoms with Gasteiger partial charge in [0.25, 0.3) is 5.91 Å². The van der Waals surface area contributed by atoms with E-state index in [9.17, 15) is 14.9 Å². The van der Waals surface area contributed by atoms with E-state index >= 15 is 0 Å². The highest BCUT2D eigenvalue weighted by atomic mass is 16.6. The number of nitro groups is 1. The Kier molecular flexibility index (Phi) is 7.00. The predicted octanol–water partition coefficient (Wildman–Crippen LogP) is 6.04. The van der Waals surface area contributed by atoms with Crippen LogP contribution in [0.3, 0.4) is 0 Å². The van der Waals surface area contributed by atoms with Crippen molar-refractivity contribution in [2.45, 2.75) is 0 Å². The Hall–Kier alpha value is -5.29. The van der Waals surface area contributed by atoms with Gasteiger partial charge in [0.1, 0.15) is 0 Å². The number of fused-ring (bicyclic) bond motifs is 2. The number of H-pyrrole nitrogens is 2. The number of hydrogen-bond donors (Lipinski definition) is 3. The van der Waals surface area contributed by atoms with Crippen molar-refractivity contribution in [3.8, 4) is 16.9 Å². The number of carbonyl (C=O) groups is 1. The van der Waals surface area contributed by atoms with Crippen LogP contribution in [0, 0.1) is 10.1 Å². The number of ether oxygens (including phenoxy) is 2. The molecule has 4 aromatic carbocycles. The van der Waals surface area contributed by atoms with Crippen molar-refractivity contribution in [2.75, 3.05) is 43.6 Å². The highest BCUT2D eigenvalue weighted by molar-refractivity contribution is 6.05. The summed E-state index contributed by atoms with van der Waals surface area (Å²) in [6.45, 7) is 3.07. The summed E-state index contributed by atoms with van der Waals surface area (Å²) in [4.78, 5) is 29.3. The Morgan fingerprint density at radius 1 is 0.927 bits per heavy atom. The van der Waals surface area contributed by atoms with E-state index in [0.717, 1.165) is 35.4 Å². The topological polar surface area (TPSA) is 139 Å². The van der Waals surface area contributed by atoms with E-state index in [1.54, 1.807) is 24.3 Å². The first-order chi connectivity index (χ1) is 20.0. The number of benzene rings is 4. The number of aromatic amines is 2. The molecule has 0 unspecified atom stereocenters. The molecule has 1 aliphatic rings. The second-order valence-electron chi connectivity index (χ2n) is 9.54. The van der Waals surface area contributed by atoms with Crippen LogP contribution in [0.4, 0.5) is 17.1 Å². The summed E-state index contributed by atoms with van der Waals surface area (Å²) in [5.74, 6) is -0.0336. The lowest BCUT2D eigenvalue weighted by molar-refractivity contribution is -0.385. The molecule has 0 aliphatic carbocycles. The molecule has 0 bridgehead atoms. The van der Waals surface area contributed by atoms with Gasteiger partial charge in [0.2, 0.25) is 0 Å². The molecular formula is C30H27N5O6. The van der Waals surface area contributed by atoms with Crippen molar-refractivity contribution in [3.63, 3.8) is 0 Å². The summed E-state index contributed by atoms with van der Waals surface area (Å²) in [6, 6.07) is 23.3. The largest absolute Gasteiger partial charge is 0.490 e. The molecule has 1 fully saturated rings. The van der Waals surface area contributed by atoms with Gasteiger partial charge in [-0.25, -0.2) is 5.16 Å². The molecule has 2 heterocycles. The standard InChI is InChI=1S/C30H27N5O6/c1-39-29-17-21(4-10-27(29)35(37)38)20-5-11-28-26(16-20)32-24-9-6-22(18-25(24)33-41-28)31-30(36)19-2-7-23(8-3-19)34-12-14-40-15-13-34/h2-11,16-18,32-33H,12-15H2,1H3,(H,31,36). The van der Waals surface area contributed by atoms with Gasteiger partial charge in [-0.05, 0) is 77.9 Å². The van der Waals surface area contributed by atoms with Gasteiger partial charge in [0, 0.05) is 36.1 Å². The van der Waals surface area contributed by atoms with Gasteiger partial charge >= 0.3 is 5.69 Å². The fourth-order valence-corrected chi connectivity index (χ4v) is 4.82. The Bertz CT molecular complexity index is 1800. The number of aromatic nitrogens is 2. The molecule has 1 saturated heterocycles. The van der Waals surface area contributed by atoms with Crippen molar-refractivity contribution < 1.29 is 23.7 Å². The van der Waals surface area contributed by atoms with E-state index in [4.69, 9.17) is 14.0 Å². The molecule has 11 nitrogen and oxygen atoms in total. The van der Waals surface area contributed by atoms with Crippen molar-refractivity contribution in [1.29, 1.82) is 0 Å². The molecule has 1 aliphatic heterocycles. The maximum absolute atomic E-state index is 12.9. The Morgan fingerprint density at radius 3 is 2.44 bits per heavy atom. The lowest BCUT2D eigenvalue weighted by atomic mass is 10.0. The molecule has 6 rings (SSSR count). The minimum absolute atomic E-state index is 0.0986. The van der Waals surface area contributed by atoms with Crippen LogP contribution in [0.15, 0.2) is 83.4 Å². The van der Waals surface area contributed by atoms with Crippen LogP contribution >= 0.6 is 0 Å². The predicted molar refractivity (Wildman–Crippen MR) is 156 cm³/mol. The van der Waals surface area contributed by atoms with Gasteiger partial charge in [-0.1, -0.05) is 6.07 Å². The number of rotatable bonds is 6. The van der Waals surface area contributed by atoms with Crippen LogP contribution in [0.5, 0.6) is 5.75 Å². The molecule has 11 heteroatoms. The molecule has 0 radical (unpaired) electrons. The number of anilines is 2. The number of morpholine rings is 1. The zero-order valence-electron chi connectivity index (χ0n) is 22.2. The van der Waals surface area contributed by atoms with Crippen molar-refractivity contribution >= 4 is 45.1 Å². The highest BCUT2D eigenvalue weighted by Gasteiger charge is 2.16.